The summed E-state index contributed by atoms with van der Waals surface area (Å²) in [5.41, 5.74) is 2.34. The fraction of sp³-hybridized carbons (Fsp3) is 0.188. The maximum Gasteiger partial charge on any atom is 0.253 e. The Kier molecular flexibility index (Phi) is 4.35. The van der Waals surface area contributed by atoms with Crippen LogP contribution in [0.25, 0.3) is 0 Å². The predicted molar refractivity (Wildman–Crippen MR) is 78.2 cm³/mol. The maximum absolute atomic E-state index is 13.1. The van der Waals surface area contributed by atoms with E-state index in [0.29, 0.717) is 12.1 Å². The number of nitrogens with zero attached hydrogens (tertiary/aromatic N) is 1. The number of rotatable bonds is 4. The number of hydrogen-bond donors (Lipinski definition) is 1. The third-order valence-corrected chi connectivity index (χ3v) is 3.08. The molecule has 1 amide bonds. The maximum atomic E-state index is 13.1. The molecule has 0 unspecified atom stereocenters. The van der Waals surface area contributed by atoms with Crippen molar-refractivity contribution in [3.8, 4) is 0 Å². The van der Waals surface area contributed by atoms with Gasteiger partial charge in [-0.1, -0.05) is 12.1 Å². The van der Waals surface area contributed by atoms with Crippen LogP contribution in [0.15, 0.2) is 48.5 Å². The predicted octanol–water partition coefficient (Wildman–Crippen LogP) is 3.14. The van der Waals surface area contributed by atoms with Crippen molar-refractivity contribution < 1.29 is 9.18 Å². The van der Waals surface area contributed by atoms with Crippen LogP contribution < -0.4 is 5.32 Å². The lowest BCUT2D eigenvalue weighted by Crippen LogP contribution is -2.26. The summed E-state index contributed by atoms with van der Waals surface area (Å²) < 4.78 is 13.1. The molecular formula is C16H17FN2O. The van der Waals surface area contributed by atoms with E-state index >= 15 is 0 Å². The SMILES string of the molecule is CNc1ccc(C(=O)N(C)Cc2cccc(F)c2)cc1. The molecular weight excluding hydrogens is 255 g/mol. The van der Waals surface area contributed by atoms with Crippen molar-refractivity contribution in [1.29, 1.82) is 0 Å². The Bertz CT molecular complexity index is 596. The van der Waals surface area contributed by atoms with E-state index in [9.17, 15) is 9.18 Å². The Hall–Kier alpha value is -2.36. The smallest absolute Gasteiger partial charge is 0.253 e. The Morgan fingerprint density at radius 2 is 1.90 bits per heavy atom. The number of halogens is 1. The largest absolute Gasteiger partial charge is 0.388 e. The fourth-order valence-corrected chi connectivity index (χ4v) is 1.98. The highest BCUT2D eigenvalue weighted by atomic mass is 19.1. The summed E-state index contributed by atoms with van der Waals surface area (Å²) in [6, 6.07) is 13.5. The molecule has 0 fully saturated rings. The van der Waals surface area contributed by atoms with E-state index in [2.05, 4.69) is 5.32 Å². The highest BCUT2D eigenvalue weighted by Gasteiger charge is 2.12. The summed E-state index contributed by atoms with van der Waals surface area (Å²) >= 11 is 0. The molecule has 1 N–H and O–H groups in total. The minimum Gasteiger partial charge on any atom is -0.388 e. The first-order chi connectivity index (χ1) is 9.60. The third-order valence-electron chi connectivity index (χ3n) is 3.08. The molecule has 0 radical (unpaired) electrons. The van der Waals surface area contributed by atoms with Gasteiger partial charge in [0.25, 0.3) is 5.91 Å². The zero-order valence-electron chi connectivity index (χ0n) is 11.6. The second-order valence-electron chi connectivity index (χ2n) is 4.62. The van der Waals surface area contributed by atoms with Gasteiger partial charge in [0.2, 0.25) is 0 Å². The lowest BCUT2D eigenvalue weighted by Gasteiger charge is -2.17. The quantitative estimate of drug-likeness (QED) is 0.927. The number of amides is 1. The number of anilines is 1. The summed E-state index contributed by atoms with van der Waals surface area (Å²) in [6.07, 6.45) is 0. The van der Waals surface area contributed by atoms with E-state index in [1.165, 1.54) is 12.1 Å². The molecule has 0 aliphatic carbocycles. The molecule has 0 bridgehead atoms. The molecule has 2 aromatic carbocycles. The number of nitrogens with one attached hydrogen (secondary N) is 1. The van der Waals surface area contributed by atoms with Gasteiger partial charge in [-0.2, -0.15) is 0 Å². The van der Waals surface area contributed by atoms with Gasteiger partial charge >= 0.3 is 0 Å². The minimum atomic E-state index is -0.290. The summed E-state index contributed by atoms with van der Waals surface area (Å²) in [7, 11) is 3.53. The van der Waals surface area contributed by atoms with Crippen LogP contribution in [0.5, 0.6) is 0 Å². The number of carbonyl (C=O) groups is 1. The monoisotopic (exact) mass is 272 g/mol. The van der Waals surface area contributed by atoms with Gasteiger partial charge in [-0.3, -0.25) is 4.79 Å². The minimum absolute atomic E-state index is 0.0862. The van der Waals surface area contributed by atoms with E-state index in [-0.39, 0.29) is 11.7 Å². The van der Waals surface area contributed by atoms with Gasteiger partial charge in [-0.05, 0) is 42.0 Å². The third kappa shape index (κ3) is 3.35. The highest BCUT2D eigenvalue weighted by Crippen LogP contribution is 2.12. The first-order valence-corrected chi connectivity index (χ1v) is 6.38. The number of carbonyl (C=O) groups excluding carboxylic acids is 1. The van der Waals surface area contributed by atoms with E-state index in [1.807, 2.05) is 19.2 Å². The Balaban J connectivity index is 2.07. The van der Waals surface area contributed by atoms with Crippen LogP contribution in [0, 0.1) is 5.82 Å². The van der Waals surface area contributed by atoms with Crippen molar-refractivity contribution in [3.05, 3.63) is 65.5 Å². The topological polar surface area (TPSA) is 32.3 Å². The van der Waals surface area contributed by atoms with Crippen molar-refractivity contribution in [2.45, 2.75) is 6.54 Å². The van der Waals surface area contributed by atoms with Gasteiger partial charge in [0.05, 0.1) is 0 Å². The molecule has 3 nitrogen and oxygen atoms in total. The number of benzene rings is 2. The van der Waals surface area contributed by atoms with Crippen LogP contribution in [0.2, 0.25) is 0 Å². The van der Waals surface area contributed by atoms with E-state index in [4.69, 9.17) is 0 Å². The molecule has 104 valence electrons. The average Bonchev–Trinajstić information content (AvgIpc) is 2.46. The highest BCUT2D eigenvalue weighted by molar-refractivity contribution is 5.94. The zero-order valence-corrected chi connectivity index (χ0v) is 11.6. The van der Waals surface area contributed by atoms with Crippen molar-refractivity contribution in [2.75, 3.05) is 19.4 Å². The molecule has 2 rings (SSSR count). The van der Waals surface area contributed by atoms with Crippen LogP contribution in [-0.2, 0) is 6.54 Å². The summed E-state index contributed by atoms with van der Waals surface area (Å²) in [4.78, 5) is 13.8. The molecule has 20 heavy (non-hydrogen) atoms. The molecule has 0 aliphatic heterocycles. The van der Waals surface area contributed by atoms with Crippen molar-refractivity contribution >= 4 is 11.6 Å². The van der Waals surface area contributed by atoms with Crippen molar-refractivity contribution in [3.63, 3.8) is 0 Å². The lowest BCUT2D eigenvalue weighted by molar-refractivity contribution is 0.0785. The molecule has 0 heterocycles. The molecule has 0 spiro atoms. The summed E-state index contributed by atoms with van der Waals surface area (Å²) in [5.74, 6) is -0.376. The number of hydrogen-bond acceptors (Lipinski definition) is 2. The van der Waals surface area contributed by atoms with Gasteiger partial charge in [0, 0.05) is 31.9 Å². The van der Waals surface area contributed by atoms with Gasteiger partial charge in [0.15, 0.2) is 0 Å². The van der Waals surface area contributed by atoms with Crippen LogP contribution in [0.1, 0.15) is 15.9 Å². The Morgan fingerprint density at radius 3 is 2.50 bits per heavy atom. The van der Waals surface area contributed by atoms with Crippen molar-refractivity contribution in [1.82, 2.24) is 4.90 Å². The first-order valence-electron chi connectivity index (χ1n) is 6.38. The van der Waals surface area contributed by atoms with E-state index in [1.54, 1.807) is 36.2 Å². The second-order valence-corrected chi connectivity index (χ2v) is 4.62. The van der Waals surface area contributed by atoms with Gasteiger partial charge in [-0.25, -0.2) is 4.39 Å². The van der Waals surface area contributed by atoms with E-state index in [0.717, 1.165) is 11.3 Å². The lowest BCUT2D eigenvalue weighted by atomic mass is 10.1. The summed E-state index contributed by atoms with van der Waals surface area (Å²) in [5, 5.41) is 3.00. The molecule has 0 atom stereocenters. The van der Waals surface area contributed by atoms with Crippen molar-refractivity contribution in [2.24, 2.45) is 0 Å². The molecule has 4 heteroatoms. The van der Waals surface area contributed by atoms with Crippen LogP contribution >= 0.6 is 0 Å². The Morgan fingerprint density at radius 1 is 1.20 bits per heavy atom. The van der Waals surface area contributed by atoms with E-state index < -0.39 is 0 Å². The standard InChI is InChI=1S/C16H17FN2O/c1-18-15-8-6-13(7-9-15)16(20)19(2)11-12-4-3-5-14(17)10-12/h3-10,18H,11H2,1-2H3. The zero-order chi connectivity index (χ0) is 14.5. The van der Waals surface area contributed by atoms with Gasteiger partial charge in [-0.15, -0.1) is 0 Å². The average molecular weight is 272 g/mol. The van der Waals surface area contributed by atoms with Gasteiger partial charge < -0.3 is 10.2 Å². The molecule has 0 saturated carbocycles. The molecule has 0 saturated heterocycles. The Labute approximate surface area is 118 Å². The molecule has 0 aromatic heterocycles. The molecule has 2 aromatic rings. The second kappa shape index (κ2) is 6.19. The van der Waals surface area contributed by atoms with Crippen LogP contribution in [0.4, 0.5) is 10.1 Å². The van der Waals surface area contributed by atoms with Gasteiger partial charge in [0.1, 0.15) is 5.82 Å². The van der Waals surface area contributed by atoms with Crippen LogP contribution in [0.3, 0.4) is 0 Å². The summed E-state index contributed by atoms with van der Waals surface area (Å²) in [6.45, 7) is 0.379. The van der Waals surface area contributed by atoms with Crippen LogP contribution in [-0.4, -0.2) is 24.9 Å². The normalized spacial score (nSPS) is 10.2. The molecule has 0 aliphatic rings. The fourth-order valence-electron chi connectivity index (χ4n) is 1.98. The first kappa shape index (κ1) is 14.1.